The van der Waals surface area contributed by atoms with Gasteiger partial charge >= 0.3 is 0 Å². The van der Waals surface area contributed by atoms with Crippen LogP contribution in [0.4, 0.5) is 5.82 Å². The van der Waals surface area contributed by atoms with Crippen LogP contribution in [0.1, 0.15) is 12.8 Å². The molecule has 7 heteroatoms. The molecule has 0 amide bonds. The fourth-order valence-electron chi connectivity index (χ4n) is 1.72. The minimum Gasteiger partial charge on any atom is -0.313 e. The molecule has 0 aliphatic carbocycles. The lowest BCUT2D eigenvalue weighted by molar-refractivity contribution is 0.581. The van der Waals surface area contributed by atoms with E-state index in [0.717, 1.165) is 19.4 Å². The molecule has 0 bridgehead atoms. The van der Waals surface area contributed by atoms with Gasteiger partial charge in [-0.15, -0.1) is 0 Å². The second kappa shape index (κ2) is 4.75. The lowest BCUT2D eigenvalue weighted by atomic mass is 10.3. The molecule has 2 heterocycles. The fourth-order valence-corrected chi connectivity index (χ4v) is 3.04. The van der Waals surface area contributed by atoms with Crippen molar-refractivity contribution in [3.63, 3.8) is 0 Å². The van der Waals surface area contributed by atoms with Crippen LogP contribution in [0.15, 0.2) is 18.6 Å². The Morgan fingerprint density at radius 1 is 1.50 bits per heavy atom. The van der Waals surface area contributed by atoms with E-state index >= 15 is 0 Å². The van der Waals surface area contributed by atoms with E-state index in [-0.39, 0.29) is 17.6 Å². The number of aromatic nitrogens is 2. The summed E-state index contributed by atoms with van der Waals surface area (Å²) < 4.78 is 25.9. The van der Waals surface area contributed by atoms with Gasteiger partial charge in [-0.05, 0) is 19.4 Å². The van der Waals surface area contributed by atoms with Gasteiger partial charge in [0.25, 0.3) is 0 Å². The van der Waals surface area contributed by atoms with Crippen LogP contribution >= 0.6 is 0 Å². The first-order chi connectivity index (χ1) is 7.66. The third-order valence-corrected chi connectivity index (χ3v) is 3.77. The average molecular weight is 242 g/mol. The first kappa shape index (κ1) is 11.3. The highest BCUT2D eigenvalue weighted by Crippen LogP contribution is 2.09. The van der Waals surface area contributed by atoms with E-state index in [9.17, 15) is 8.42 Å². The summed E-state index contributed by atoms with van der Waals surface area (Å²) in [6, 6.07) is 0.0502. The Hall–Kier alpha value is -1.21. The summed E-state index contributed by atoms with van der Waals surface area (Å²) in [4.78, 5) is 7.66. The summed E-state index contributed by atoms with van der Waals surface area (Å²) in [5.74, 6) is 0.351. The van der Waals surface area contributed by atoms with Crippen LogP contribution in [0.5, 0.6) is 0 Å². The zero-order chi connectivity index (χ0) is 11.4. The van der Waals surface area contributed by atoms with E-state index in [4.69, 9.17) is 0 Å². The molecule has 1 saturated heterocycles. The van der Waals surface area contributed by atoms with E-state index in [0.29, 0.717) is 0 Å². The lowest BCUT2D eigenvalue weighted by Crippen LogP contribution is -2.33. The minimum absolute atomic E-state index is 0.0502. The van der Waals surface area contributed by atoms with Crippen molar-refractivity contribution in [2.24, 2.45) is 0 Å². The molecule has 88 valence electrons. The van der Waals surface area contributed by atoms with Crippen LogP contribution in [0.2, 0.25) is 0 Å². The number of rotatable bonds is 4. The quantitative estimate of drug-likeness (QED) is 0.774. The summed E-state index contributed by atoms with van der Waals surface area (Å²) in [6.45, 7) is 0.894. The molecular formula is C9H14N4O2S. The molecule has 2 N–H and O–H groups in total. The Morgan fingerprint density at radius 3 is 3.00 bits per heavy atom. The summed E-state index contributed by atoms with van der Waals surface area (Å²) in [5.41, 5.74) is 0. The van der Waals surface area contributed by atoms with Crippen LogP contribution in [0.25, 0.3) is 0 Å². The predicted octanol–water partition coefficient (Wildman–Crippen LogP) is -0.0297. The molecule has 1 fully saturated rings. The van der Waals surface area contributed by atoms with Gasteiger partial charge in [0.1, 0.15) is 0 Å². The molecule has 0 spiro atoms. The third-order valence-electron chi connectivity index (χ3n) is 2.41. The Morgan fingerprint density at radius 2 is 2.38 bits per heavy atom. The number of sulfonamides is 1. The van der Waals surface area contributed by atoms with E-state index in [1.165, 1.54) is 18.6 Å². The first-order valence-electron chi connectivity index (χ1n) is 5.16. The first-order valence-corrected chi connectivity index (χ1v) is 6.81. The minimum atomic E-state index is -3.33. The zero-order valence-electron chi connectivity index (χ0n) is 8.76. The van der Waals surface area contributed by atoms with Gasteiger partial charge in [-0.3, -0.25) is 9.71 Å². The molecule has 1 aromatic heterocycles. The van der Waals surface area contributed by atoms with Gasteiger partial charge in [-0.1, -0.05) is 0 Å². The largest absolute Gasteiger partial charge is 0.313 e. The molecule has 16 heavy (non-hydrogen) atoms. The van der Waals surface area contributed by atoms with E-state index in [2.05, 4.69) is 20.0 Å². The number of nitrogens with one attached hydrogen (secondary N) is 2. The highest BCUT2D eigenvalue weighted by molar-refractivity contribution is 7.92. The summed E-state index contributed by atoms with van der Waals surface area (Å²) >= 11 is 0. The summed E-state index contributed by atoms with van der Waals surface area (Å²) in [7, 11) is -3.33. The van der Waals surface area contributed by atoms with Gasteiger partial charge in [0.15, 0.2) is 5.82 Å². The number of hydrogen-bond donors (Lipinski definition) is 2. The third kappa shape index (κ3) is 3.14. The number of nitrogens with zero attached hydrogens (tertiary/aromatic N) is 2. The standard InChI is InChI=1S/C9H14N4O2S/c14-16(15,7-8-2-1-3-11-8)13-9-6-10-4-5-12-9/h4-6,8,11H,1-3,7H2,(H,12,13). The molecule has 1 aliphatic rings. The van der Waals surface area contributed by atoms with Crippen LogP contribution in [-0.2, 0) is 10.0 Å². The Bertz CT molecular complexity index is 428. The van der Waals surface area contributed by atoms with Crippen molar-refractivity contribution in [3.05, 3.63) is 18.6 Å². The normalized spacial score (nSPS) is 20.9. The van der Waals surface area contributed by atoms with Crippen molar-refractivity contribution < 1.29 is 8.42 Å². The van der Waals surface area contributed by atoms with Crippen LogP contribution < -0.4 is 10.0 Å². The average Bonchev–Trinajstić information content (AvgIpc) is 2.70. The van der Waals surface area contributed by atoms with Crippen LogP contribution in [-0.4, -0.2) is 36.7 Å². The maximum absolute atomic E-state index is 11.7. The molecule has 0 saturated carbocycles. The lowest BCUT2D eigenvalue weighted by Gasteiger charge is -2.11. The number of hydrogen-bond acceptors (Lipinski definition) is 5. The van der Waals surface area contributed by atoms with Crippen molar-refractivity contribution in [3.8, 4) is 0 Å². The molecule has 2 rings (SSSR count). The predicted molar refractivity (Wildman–Crippen MR) is 60.5 cm³/mol. The monoisotopic (exact) mass is 242 g/mol. The Labute approximate surface area is 94.6 Å². The molecule has 0 radical (unpaired) electrons. The maximum atomic E-state index is 11.7. The Kier molecular flexibility index (Phi) is 3.35. The van der Waals surface area contributed by atoms with Crippen molar-refractivity contribution in [2.45, 2.75) is 18.9 Å². The van der Waals surface area contributed by atoms with Gasteiger partial charge in [0, 0.05) is 18.4 Å². The van der Waals surface area contributed by atoms with E-state index < -0.39 is 10.0 Å². The van der Waals surface area contributed by atoms with Crippen LogP contribution in [0.3, 0.4) is 0 Å². The zero-order valence-corrected chi connectivity index (χ0v) is 9.57. The van der Waals surface area contributed by atoms with Gasteiger partial charge in [-0.2, -0.15) is 0 Å². The van der Waals surface area contributed by atoms with Gasteiger partial charge in [0.05, 0.1) is 11.9 Å². The van der Waals surface area contributed by atoms with Gasteiger partial charge in [-0.25, -0.2) is 13.4 Å². The fraction of sp³-hybridized carbons (Fsp3) is 0.556. The van der Waals surface area contributed by atoms with Crippen molar-refractivity contribution in [1.82, 2.24) is 15.3 Å². The molecule has 0 aromatic carbocycles. The second-order valence-electron chi connectivity index (χ2n) is 3.77. The molecule has 6 nitrogen and oxygen atoms in total. The van der Waals surface area contributed by atoms with Crippen molar-refractivity contribution in [1.29, 1.82) is 0 Å². The van der Waals surface area contributed by atoms with Crippen molar-refractivity contribution >= 4 is 15.8 Å². The highest BCUT2D eigenvalue weighted by atomic mass is 32.2. The topological polar surface area (TPSA) is 84.0 Å². The number of anilines is 1. The molecule has 1 aromatic rings. The van der Waals surface area contributed by atoms with Crippen molar-refractivity contribution in [2.75, 3.05) is 17.0 Å². The second-order valence-corrected chi connectivity index (χ2v) is 5.53. The SMILES string of the molecule is O=S(=O)(CC1CCCN1)Nc1cnccn1. The molecule has 1 unspecified atom stereocenters. The smallest absolute Gasteiger partial charge is 0.235 e. The van der Waals surface area contributed by atoms with E-state index in [1.807, 2.05) is 0 Å². The maximum Gasteiger partial charge on any atom is 0.235 e. The molecule has 1 aliphatic heterocycles. The van der Waals surface area contributed by atoms with E-state index in [1.54, 1.807) is 0 Å². The van der Waals surface area contributed by atoms with Crippen LogP contribution in [0, 0.1) is 0 Å². The summed E-state index contributed by atoms with van der Waals surface area (Å²) in [5, 5.41) is 3.14. The Balaban J connectivity index is 1.97. The molecular weight excluding hydrogens is 228 g/mol. The summed E-state index contributed by atoms with van der Waals surface area (Å²) in [6.07, 6.45) is 6.27. The highest BCUT2D eigenvalue weighted by Gasteiger charge is 2.22. The molecule has 1 atom stereocenters. The van der Waals surface area contributed by atoms with Gasteiger partial charge in [0.2, 0.25) is 10.0 Å². The van der Waals surface area contributed by atoms with Gasteiger partial charge < -0.3 is 5.32 Å².